The second kappa shape index (κ2) is 5.72. The van der Waals surface area contributed by atoms with Gasteiger partial charge >= 0.3 is 0 Å². The largest absolute Gasteiger partial charge is 0.393 e. The molecular formula is C12H25NO. The highest BCUT2D eigenvalue weighted by Crippen LogP contribution is 2.28. The summed E-state index contributed by atoms with van der Waals surface area (Å²) >= 11 is 0. The van der Waals surface area contributed by atoms with E-state index in [0.29, 0.717) is 6.04 Å². The first-order chi connectivity index (χ1) is 6.59. The molecule has 1 aliphatic carbocycles. The van der Waals surface area contributed by atoms with Crippen LogP contribution in [0.1, 0.15) is 46.5 Å². The van der Waals surface area contributed by atoms with Gasteiger partial charge in [-0.25, -0.2) is 0 Å². The van der Waals surface area contributed by atoms with Crippen LogP contribution in [0.25, 0.3) is 0 Å². The third kappa shape index (κ3) is 3.97. The Hall–Kier alpha value is -0.0800. The molecule has 1 saturated carbocycles. The SMILES string of the molecule is CC(O)CCNC1CCC(C)CC1C. The summed E-state index contributed by atoms with van der Waals surface area (Å²) in [5.74, 6) is 1.70. The second-order valence-corrected chi connectivity index (χ2v) is 5.09. The smallest absolute Gasteiger partial charge is 0.0524 e. The van der Waals surface area contributed by atoms with Gasteiger partial charge in [-0.15, -0.1) is 0 Å². The number of nitrogens with one attached hydrogen (secondary N) is 1. The number of hydrogen-bond acceptors (Lipinski definition) is 2. The van der Waals surface area contributed by atoms with Crippen LogP contribution < -0.4 is 5.32 Å². The first-order valence-corrected chi connectivity index (χ1v) is 6.01. The van der Waals surface area contributed by atoms with E-state index >= 15 is 0 Å². The summed E-state index contributed by atoms with van der Waals surface area (Å²) < 4.78 is 0. The Kier molecular flexibility index (Phi) is 4.90. The third-order valence-electron chi connectivity index (χ3n) is 3.40. The van der Waals surface area contributed by atoms with E-state index in [2.05, 4.69) is 19.2 Å². The first kappa shape index (κ1) is 12.0. The molecule has 2 heteroatoms. The molecule has 4 atom stereocenters. The average molecular weight is 199 g/mol. The fourth-order valence-corrected chi connectivity index (χ4v) is 2.45. The van der Waals surface area contributed by atoms with Crippen molar-refractivity contribution in [1.82, 2.24) is 5.32 Å². The molecule has 0 amide bonds. The van der Waals surface area contributed by atoms with Gasteiger partial charge in [-0.1, -0.05) is 13.8 Å². The number of rotatable bonds is 4. The van der Waals surface area contributed by atoms with Crippen LogP contribution in [-0.2, 0) is 0 Å². The zero-order chi connectivity index (χ0) is 10.6. The van der Waals surface area contributed by atoms with Gasteiger partial charge in [0, 0.05) is 6.04 Å². The zero-order valence-corrected chi connectivity index (χ0v) is 9.79. The molecule has 2 N–H and O–H groups in total. The second-order valence-electron chi connectivity index (χ2n) is 5.09. The molecule has 0 saturated heterocycles. The molecule has 4 unspecified atom stereocenters. The summed E-state index contributed by atoms with van der Waals surface area (Å²) in [5, 5.41) is 12.7. The summed E-state index contributed by atoms with van der Waals surface area (Å²) in [6.07, 6.45) is 4.73. The van der Waals surface area contributed by atoms with Crippen molar-refractivity contribution in [1.29, 1.82) is 0 Å². The monoisotopic (exact) mass is 199 g/mol. The van der Waals surface area contributed by atoms with E-state index in [1.165, 1.54) is 19.3 Å². The van der Waals surface area contributed by atoms with Crippen LogP contribution in [0.15, 0.2) is 0 Å². The summed E-state index contributed by atoms with van der Waals surface area (Å²) in [7, 11) is 0. The van der Waals surface area contributed by atoms with E-state index < -0.39 is 0 Å². The van der Waals surface area contributed by atoms with Crippen LogP contribution in [0.5, 0.6) is 0 Å². The minimum Gasteiger partial charge on any atom is -0.393 e. The summed E-state index contributed by atoms with van der Waals surface area (Å²) in [5.41, 5.74) is 0. The van der Waals surface area contributed by atoms with Crippen molar-refractivity contribution in [3.8, 4) is 0 Å². The lowest BCUT2D eigenvalue weighted by molar-refractivity contribution is 0.172. The van der Waals surface area contributed by atoms with Crippen LogP contribution in [0.2, 0.25) is 0 Å². The lowest BCUT2D eigenvalue weighted by atomic mass is 9.80. The highest BCUT2D eigenvalue weighted by molar-refractivity contribution is 4.80. The van der Waals surface area contributed by atoms with Gasteiger partial charge in [0.2, 0.25) is 0 Å². The van der Waals surface area contributed by atoms with Crippen molar-refractivity contribution in [2.45, 2.75) is 58.6 Å². The van der Waals surface area contributed by atoms with E-state index in [9.17, 15) is 0 Å². The van der Waals surface area contributed by atoms with Crippen molar-refractivity contribution >= 4 is 0 Å². The van der Waals surface area contributed by atoms with Crippen LogP contribution in [-0.4, -0.2) is 23.8 Å². The van der Waals surface area contributed by atoms with Gasteiger partial charge in [0.15, 0.2) is 0 Å². The fourth-order valence-electron chi connectivity index (χ4n) is 2.45. The third-order valence-corrected chi connectivity index (χ3v) is 3.40. The molecular weight excluding hydrogens is 174 g/mol. The van der Waals surface area contributed by atoms with Crippen LogP contribution >= 0.6 is 0 Å². The maximum atomic E-state index is 9.15. The van der Waals surface area contributed by atoms with Crippen molar-refractivity contribution in [3.63, 3.8) is 0 Å². The van der Waals surface area contributed by atoms with Gasteiger partial charge in [0.05, 0.1) is 6.10 Å². The summed E-state index contributed by atoms with van der Waals surface area (Å²) in [4.78, 5) is 0. The lowest BCUT2D eigenvalue weighted by Gasteiger charge is -2.33. The van der Waals surface area contributed by atoms with Crippen LogP contribution in [0, 0.1) is 11.8 Å². The topological polar surface area (TPSA) is 32.3 Å². The van der Waals surface area contributed by atoms with Crippen molar-refractivity contribution in [2.24, 2.45) is 11.8 Å². The van der Waals surface area contributed by atoms with Gasteiger partial charge < -0.3 is 10.4 Å². The number of hydrogen-bond donors (Lipinski definition) is 2. The van der Waals surface area contributed by atoms with E-state index in [0.717, 1.165) is 24.8 Å². The van der Waals surface area contributed by atoms with E-state index in [-0.39, 0.29) is 6.10 Å². The molecule has 0 aliphatic heterocycles. The van der Waals surface area contributed by atoms with Crippen molar-refractivity contribution in [3.05, 3.63) is 0 Å². The lowest BCUT2D eigenvalue weighted by Crippen LogP contribution is -2.40. The maximum Gasteiger partial charge on any atom is 0.0524 e. The van der Waals surface area contributed by atoms with E-state index in [1.807, 2.05) is 6.92 Å². The minimum atomic E-state index is -0.166. The molecule has 0 heterocycles. The molecule has 1 rings (SSSR count). The molecule has 0 aromatic rings. The minimum absolute atomic E-state index is 0.166. The van der Waals surface area contributed by atoms with Gasteiger partial charge in [-0.05, 0) is 51.0 Å². The standard InChI is InChI=1S/C12H25NO/c1-9-4-5-12(10(2)8-9)13-7-6-11(3)14/h9-14H,4-8H2,1-3H3. The highest BCUT2D eigenvalue weighted by Gasteiger charge is 2.24. The molecule has 0 spiro atoms. The van der Waals surface area contributed by atoms with Crippen LogP contribution in [0.3, 0.4) is 0 Å². The predicted molar refractivity (Wildman–Crippen MR) is 60.3 cm³/mol. The Labute approximate surface area is 88.1 Å². The van der Waals surface area contributed by atoms with Crippen LogP contribution in [0.4, 0.5) is 0 Å². The van der Waals surface area contributed by atoms with Gasteiger partial charge in [-0.3, -0.25) is 0 Å². The summed E-state index contributed by atoms with van der Waals surface area (Å²) in [6.45, 7) is 7.51. The highest BCUT2D eigenvalue weighted by atomic mass is 16.3. The van der Waals surface area contributed by atoms with Gasteiger partial charge in [-0.2, -0.15) is 0 Å². The Bertz CT molecular complexity index is 158. The molecule has 1 aliphatic rings. The Balaban J connectivity index is 2.17. The molecule has 0 radical (unpaired) electrons. The molecule has 14 heavy (non-hydrogen) atoms. The molecule has 1 fully saturated rings. The molecule has 2 nitrogen and oxygen atoms in total. The quantitative estimate of drug-likeness (QED) is 0.727. The predicted octanol–water partition coefficient (Wildman–Crippen LogP) is 2.17. The Morgan fingerprint density at radius 2 is 2.07 bits per heavy atom. The summed E-state index contributed by atoms with van der Waals surface area (Å²) in [6, 6.07) is 0.685. The number of aliphatic hydroxyl groups excluding tert-OH is 1. The van der Waals surface area contributed by atoms with Crippen molar-refractivity contribution < 1.29 is 5.11 Å². The Morgan fingerprint density at radius 3 is 2.64 bits per heavy atom. The number of aliphatic hydroxyl groups is 1. The zero-order valence-electron chi connectivity index (χ0n) is 9.79. The average Bonchev–Trinajstić information content (AvgIpc) is 2.08. The molecule has 0 aromatic heterocycles. The normalized spacial score (nSPS) is 35.6. The van der Waals surface area contributed by atoms with Crippen molar-refractivity contribution in [2.75, 3.05) is 6.54 Å². The van der Waals surface area contributed by atoms with Gasteiger partial charge in [0.1, 0.15) is 0 Å². The fraction of sp³-hybridized carbons (Fsp3) is 1.00. The molecule has 84 valence electrons. The first-order valence-electron chi connectivity index (χ1n) is 6.01. The molecule has 0 aromatic carbocycles. The maximum absolute atomic E-state index is 9.15. The molecule has 0 bridgehead atoms. The van der Waals surface area contributed by atoms with Gasteiger partial charge in [0.25, 0.3) is 0 Å². The van der Waals surface area contributed by atoms with E-state index in [1.54, 1.807) is 0 Å². The van der Waals surface area contributed by atoms with E-state index in [4.69, 9.17) is 5.11 Å². The Morgan fingerprint density at radius 1 is 1.36 bits per heavy atom.